The van der Waals surface area contributed by atoms with E-state index in [1.54, 1.807) is 4.90 Å². The fourth-order valence-electron chi connectivity index (χ4n) is 2.42. The van der Waals surface area contributed by atoms with Crippen LogP contribution in [-0.4, -0.2) is 40.2 Å². The quantitative estimate of drug-likeness (QED) is 0.847. The van der Waals surface area contributed by atoms with Crippen LogP contribution in [0.5, 0.6) is 5.88 Å². The Kier molecular flexibility index (Phi) is 3.95. The summed E-state index contributed by atoms with van der Waals surface area (Å²) in [7, 11) is 0. The maximum atomic E-state index is 12.1. The molecule has 0 radical (unpaired) electrons. The predicted molar refractivity (Wildman–Crippen MR) is 86.5 cm³/mol. The van der Waals surface area contributed by atoms with E-state index >= 15 is 0 Å². The van der Waals surface area contributed by atoms with Gasteiger partial charge in [0.05, 0.1) is 16.6 Å². The Hall–Kier alpha value is -1.82. The fourth-order valence-corrected chi connectivity index (χ4v) is 3.14. The third-order valence-electron chi connectivity index (χ3n) is 3.42. The number of likely N-dealkylation sites (tertiary alicyclic amines) is 1. The molecule has 1 fully saturated rings. The van der Waals surface area contributed by atoms with E-state index in [1.807, 2.05) is 45.0 Å². The van der Waals surface area contributed by atoms with E-state index in [0.717, 1.165) is 16.5 Å². The Morgan fingerprint density at radius 3 is 2.91 bits per heavy atom. The molecule has 0 N–H and O–H groups in total. The molecular formula is C16H20N2O3S. The second-order valence-corrected chi connectivity index (χ2v) is 7.24. The van der Waals surface area contributed by atoms with Crippen molar-refractivity contribution in [2.24, 2.45) is 0 Å². The summed E-state index contributed by atoms with van der Waals surface area (Å²) in [6, 6.07) is 8.01. The summed E-state index contributed by atoms with van der Waals surface area (Å²) in [5, 5.41) is 1.03. The van der Waals surface area contributed by atoms with E-state index in [4.69, 9.17) is 9.47 Å². The number of hydrogen-bond acceptors (Lipinski definition) is 5. The molecular weight excluding hydrogens is 300 g/mol. The van der Waals surface area contributed by atoms with E-state index in [2.05, 4.69) is 4.37 Å². The van der Waals surface area contributed by atoms with Gasteiger partial charge in [-0.1, -0.05) is 12.1 Å². The van der Waals surface area contributed by atoms with Gasteiger partial charge in [0.25, 0.3) is 0 Å². The summed E-state index contributed by atoms with van der Waals surface area (Å²) < 4.78 is 16.9. The summed E-state index contributed by atoms with van der Waals surface area (Å²) in [6.45, 7) is 6.81. The van der Waals surface area contributed by atoms with Gasteiger partial charge in [0.1, 0.15) is 11.7 Å². The van der Waals surface area contributed by atoms with Gasteiger partial charge in [0.15, 0.2) is 0 Å². The predicted octanol–water partition coefficient (Wildman–Crippen LogP) is 3.68. The second kappa shape index (κ2) is 5.76. The van der Waals surface area contributed by atoms with Crippen molar-refractivity contribution in [2.45, 2.75) is 38.9 Å². The summed E-state index contributed by atoms with van der Waals surface area (Å²) in [6.07, 6.45) is 0.491. The molecule has 6 heteroatoms. The Bertz CT molecular complexity index is 677. The van der Waals surface area contributed by atoms with Crippen molar-refractivity contribution in [2.75, 3.05) is 13.1 Å². The first-order valence-corrected chi connectivity index (χ1v) is 8.19. The number of fused-ring (bicyclic) bond motifs is 1. The van der Waals surface area contributed by atoms with E-state index in [-0.39, 0.29) is 12.2 Å². The van der Waals surface area contributed by atoms with Gasteiger partial charge in [-0.25, -0.2) is 4.79 Å². The third-order valence-corrected chi connectivity index (χ3v) is 4.23. The molecule has 1 amide bonds. The molecule has 2 heterocycles. The normalized spacial score (nSPS) is 18.7. The number of benzene rings is 1. The minimum absolute atomic E-state index is 0.0296. The molecule has 1 aromatic heterocycles. The van der Waals surface area contributed by atoms with Crippen molar-refractivity contribution in [3.05, 3.63) is 24.3 Å². The maximum absolute atomic E-state index is 12.1. The number of aromatic nitrogens is 1. The molecule has 1 aromatic carbocycles. The molecule has 2 aromatic rings. The van der Waals surface area contributed by atoms with Gasteiger partial charge in [-0.15, -0.1) is 0 Å². The van der Waals surface area contributed by atoms with Crippen LogP contribution in [0, 0.1) is 0 Å². The minimum Gasteiger partial charge on any atom is -0.471 e. The zero-order valence-corrected chi connectivity index (χ0v) is 13.9. The van der Waals surface area contributed by atoms with Crippen molar-refractivity contribution < 1.29 is 14.3 Å². The molecule has 0 spiro atoms. The number of amides is 1. The van der Waals surface area contributed by atoms with Gasteiger partial charge in [-0.3, -0.25) is 0 Å². The first-order chi connectivity index (χ1) is 10.4. The number of hydrogen-bond donors (Lipinski definition) is 0. The van der Waals surface area contributed by atoms with Crippen molar-refractivity contribution >= 4 is 27.7 Å². The lowest BCUT2D eigenvalue weighted by molar-refractivity contribution is 0.0275. The maximum Gasteiger partial charge on any atom is 0.410 e. The van der Waals surface area contributed by atoms with Gasteiger partial charge >= 0.3 is 6.09 Å². The molecule has 0 aliphatic carbocycles. The van der Waals surface area contributed by atoms with Crippen LogP contribution in [0.2, 0.25) is 0 Å². The topological polar surface area (TPSA) is 51.7 Å². The molecule has 0 saturated carbocycles. The van der Waals surface area contributed by atoms with Gasteiger partial charge < -0.3 is 14.4 Å². The largest absolute Gasteiger partial charge is 0.471 e. The molecule has 1 aliphatic rings. The molecule has 3 rings (SSSR count). The molecule has 1 saturated heterocycles. The SMILES string of the molecule is CC(C)(C)OC(=O)N1CCC(Oc2nsc3ccccc23)C1. The lowest BCUT2D eigenvalue weighted by atomic mass is 10.2. The average Bonchev–Trinajstić information content (AvgIpc) is 3.05. The summed E-state index contributed by atoms with van der Waals surface area (Å²) in [4.78, 5) is 13.8. The average molecular weight is 320 g/mol. The number of ether oxygens (including phenoxy) is 2. The first-order valence-electron chi connectivity index (χ1n) is 7.41. The third kappa shape index (κ3) is 3.32. The molecule has 0 bridgehead atoms. The van der Waals surface area contributed by atoms with Crippen LogP contribution in [0.15, 0.2) is 24.3 Å². The second-order valence-electron chi connectivity index (χ2n) is 6.44. The number of rotatable bonds is 2. The Morgan fingerprint density at radius 1 is 1.36 bits per heavy atom. The van der Waals surface area contributed by atoms with Crippen LogP contribution in [0.4, 0.5) is 4.79 Å². The lowest BCUT2D eigenvalue weighted by Gasteiger charge is -2.24. The highest BCUT2D eigenvalue weighted by Gasteiger charge is 2.31. The molecule has 22 heavy (non-hydrogen) atoms. The molecule has 1 unspecified atom stereocenters. The van der Waals surface area contributed by atoms with Gasteiger partial charge in [-0.2, -0.15) is 4.37 Å². The van der Waals surface area contributed by atoms with Crippen molar-refractivity contribution in [1.82, 2.24) is 9.27 Å². The Balaban J connectivity index is 1.63. The molecule has 1 atom stereocenters. The van der Waals surface area contributed by atoms with Crippen LogP contribution in [-0.2, 0) is 4.74 Å². The zero-order valence-electron chi connectivity index (χ0n) is 13.0. The van der Waals surface area contributed by atoms with Crippen molar-refractivity contribution in [1.29, 1.82) is 0 Å². The monoisotopic (exact) mass is 320 g/mol. The fraction of sp³-hybridized carbons (Fsp3) is 0.500. The van der Waals surface area contributed by atoms with E-state index in [9.17, 15) is 4.79 Å². The molecule has 1 aliphatic heterocycles. The highest BCUT2D eigenvalue weighted by Crippen LogP contribution is 2.30. The highest BCUT2D eigenvalue weighted by molar-refractivity contribution is 7.13. The Labute approximate surface area is 134 Å². The summed E-state index contributed by atoms with van der Waals surface area (Å²) in [5.74, 6) is 0.664. The minimum atomic E-state index is -0.471. The molecule has 5 nitrogen and oxygen atoms in total. The van der Waals surface area contributed by atoms with Crippen LogP contribution in [0.1, 0.15) is 27.2 Å². The van der Waals surface area contributed by atoms with E-state index < -0.39 is 5.60 Å². The standard InChI is InChI=1S/C16H20N2O3S/c1-16(2,3)21-15(19)18-9-8-11(10-18)20-14-12-6-4-5-7-13(12)22-17-14/h4-7,11H,8-10H2,1-3H3. The van der Waals surface area contributed by atoms with Crippen molar-refractivity contribution in [3.63, 3.8) is 0 Å². The van der Waals surface area contributed by atoms with Crippen LogP contribution < -0.4 is 4.74 Å². The summed E-state index contributed by atoms with van der Waals surface area (Å²) in [5.41, 5.74) is -0.471. The number of nitrogens with zero attached hydrogens (tertiary/aromatic N) is 2. The Morgan fingerprint density at radius 2 is 2.14 bits per heavy atom. The van der Waals surface area contributed by atoms with Crippen LogP contribution >= 0.6 is 11.5 Å². The van der Waals surface area contributed by atoms with E-state index in [0.29, 0.717) is 19.0 Å². The van der Waals surface area contributed by atoms with Crippen LogP contribution in [0.3, 0.4) is 0 Å². The highest BCUT2D eigenvalue weighted by atomic mass is 32.1. The van der Waals surface area contributed by atoms with Gasteiger partial charge in [0, 0.05) is 13.0 Å². The summed E-state index contributed by atoms with van der Waals surface area (Å²) >= 11 is 1.43. The van der Waals surface area contributed by atoms with Crippen LogP contribution in [0.25, 0.3) is 10.1 Å². The zero-order chi connectivity index (χ0) is 15.7. The van der Waals surface area contributed by atoms with Gasteiger partial charge in [0.2, 0.25) is 5.88 Å². The number of carbonyl (C=O) groups excluding carboxylic acids is 1. The van der Waals surface area contributed by atoms with Crippen molar-refractivity contribution in [3.8, 4) is 5.88 Å². The molecule has 118 valence electrons. The lowest BCUT2D eigenvalue weighted by Crippen LogP contribution is -2.36. The van der Waals surface area contributed by atoms with E-state index in [1.165, 1.54) is 11.5 Å². The smallest absolute Gasteiger partial charge is 0.410 e. The van der Waals surface area contributed by atoms with Gasteiger partial charge in [-0.05, 0) is 44.4 Å². The first kappa shape index (κ1) is 15.1. The number of carbonyl (C=O) groups is 1.